The first-order chi connectivity index (χ1) is 9.19. The van der Waals surface area contributed by atoms with E-state index >= 15 is 0 Å². The third-order valence-electron chi connectivity index (χ3n) is 3.01. The molecule has 0 saturated carbocycles. The van der Waals surface area contributed by atoms with E-state index in [0.29, 0.717) is 5.92 Å². The van der Waals surface area contributed by atoms with Crippen LogP contribution in [-0.2, 0) is 19.6 Å². The summed E-state index contributed by atoms with van der Waals surface area (Å²) in [5, 5.41) is 12.1. The third kappa shape index (κ3) is 3.92. The highest BCUT2D eigenvalue weighted by Crippen LogP contribution is 2.05. The smallest absolute Gasteiger partial charge is 0.0693 e. The molecule has 0 aliphatic heterocycles. The highest BCUT2D eigenvalue weighted by atomic mass is 15.3. The number of nitrogens with one attached hydrogen (secondary N) is 1. The zero-order valence-electron chi connectivity index (χ0n) is 12.0. The van der Waals surface area contributed by atoms with Gasteiger partial charge >= 0.3 is 0 Å². The minimum atomic E-state index is 0.666. The second-order valence-corrected chi connectivity index (χ2v) is 5.21. The van der Waals surface area contributed by atoms with Gasteiger partial charge in [0, 0.05) is 31.0 Å². The van der Waals surface area contributed by atoms with Gasteiger partial charge < -0.3 is 5.32 Å². The fourth-order valence-electron chi connectivity index (χ4n) is 1.98. The van der Waals surface area contributed by atoms with Gasteiger partial charge in [0.15, 0.2) is 0 Å². The number of hydrogen-bond acceptors (Lipinski definition) is 3. The summed E-state index contributed by atoms with van der Waals surface area (Å²) in [6, 6.07) is 2.07. The van der Waals surface area contributed by atoms with Crippen molar-refractivity contribution in [1.29, 1.82) is 0 Å². The van der Waals surface area contributed by atoms with E-state index in [1.165, 1.54) is 11.3 Å². The van der Waals surface area contributed by atoms with Crippen LogP contribution in [0.3, 0.4) is 0 Å². The molecule has 0 radical (unpaired) electrons. The van der Waals surface area contributed by atoms with Gasteiger partial charge in [0.05, 0.1) is 18.4 Å². The third-order valence-corrected chi connectivity index (χ3v) is 3.01. The molecule has 19 heavy (non-hydrogen) atoms. The van der Waals surface area contributed by atoms with E-state index in [1.54, 1.807) is 0 Å². The molecule has 0 amide bonds. The fraction of sp³-hybridized carbons (Fsp3) is 0.571. The van der Waals surface area contributed by atoms with Gasteiger partial charge in [-0.1, -0.05) is 13.8 Å². The number of rotatable bonds is 7. The van der Waals surface area contributed by atoms with Crippen LogP contribution in [0.15, 0.2) is 24.7 Å². The van der Waals surface area contributed by atoms with Crippen LogP contribution >= 0.6 is 0 Å². The van der Waals surface area contributed by atoms with Crippen molar-refractivity contribution in [2.75, 3.05) is 6.54 Å². The van der Waals surface area contributed by atoms with E-state index < -0.39 is 0 Å². The highest BCUT2D eigenvalue weighted by Gasteiger charge is 2.05. The molecule has 104 valence electrons. The van der Waals surface area contributed by atoms with Crippen LogP contribution in [0.25, 0.3) is 0 Å². The van der Waals surface area contributed by atoms with Crippen LogP contribution in [0.1, 0.15) is 32.0 Å². The van der Waals surface area contributed by atoms with E-state index in [0.717, 1.165) is 26.2 Å². The molecule has 2 aromatic rings. The SMILES string of the molecule is CCn1cc(Cn2nccc2CNCC(C)C)cn1. The molecule has 2 aromatic heterocycles. The molecule has 0 aromatic carbocycles. The number of aromatic nitrogens is 4. The van der Waals surface area contributed by atoms with Gasteiger partial charge in [0.25, 0.3) is 0 Å². The Hall–Kier alpha value is -1.62. The molecule has 0 fully saturated rings. The van der Waals surface area contributed by atoms with Crippen molar-refractivity contribution < 1.29 is 0 Å². The van der Waals surface area contributed by atoms with Crippen LogP contribution in [0.2, 0.25) is 0 Å². The minimum absolute atomic E-state index is 0.666. The van der Waals surface area contributed by atoms with Crippen molar-refractivity contribution in [2.45, 2.75) is 40.4 Å². The Balaban J connectivity index is 1.95. The van der Waals surface area contributed by atoms with Gasteiger partial charge in [0.1, 0.15) is 0 Å². The van der Waals surface area contributed by atoms with Gasteiger partial charge in [0.2, 0.25) is 0 Å². The largest absolute Gasteiger partial charge is 0.311 e. The summed E-state index contributed by atoms with van der Waals surface area (Å²) in [5.41, 5.74) is 2.40. The number of nitrogens with zero attached hydrogens (tertiary/aromatic N) is 4. The maximum atomic E-state index is 4.38. The van der Waals surface area contributed by atoms with E-state index in [9.17, 15) is 0 Å². The molecule has 1 N–H and O–H groups in total. The molecule has 2 rings (SSSR count). The van der Waals surface area contributed by atoms with Crippen LogP contribution in [0, 0.1) is 5.92 Å². The Morgan fingerprint density at radius 1 is 1.32 bits per heavy atom. The Bertz CT molecular complexity index is 497. The lowest BCUT2D eigenvalue weighted by atomic mass is 10.2. The maximum Gasteiger partial charge on any atom is 0.0693 e. The van der Waals surface area contributed by atoms with Crippen molar-refractivity contribution in [3.63, 3.8) is 0 Å². The van der Waals surface area contributed by atoms with Gasteiger partial charge in [-0.15, -0.1) is 0 Å². The predicted molar refractivity (Wildman–Crippen MR) is 75.8 cm³/mol. The lowest BCUT2D eigenvalue weighted by Gasteiger charge is -2.09. The first-order valence-electron chi connectivity index (χ1n) is 6.91. The summed E-state index contributed by atoms with van der Waals surface area (Å²) in [4.78, 5) is 0. The van der Waals surface area contributed by atoms with Crippen LogP contribution in [0.5, 0.6) is 0 Å². The molecule has 2 heterocycles. The topological polar surface area (TPSA) is 47.7 Å². The zero-order chi connectivity index (χ0) is 13.7. The Kier molecular flexibility index (Phi) is 4.74. The van der Waals surface area contributed by atoms with E-state index in [1.807, 2.05) is 21.8 Å². The quantitative estimate of drug-likeness (QED) is 0.828. The Morgan fingerprint density at radius 2 is 2.16 bits per heavy atom. The number of hydrogen-bond donors (Lipinski definition) is 1. The van der Waals surface area contributed by atoms with Gasteiger partial charge in [-0.05, 0) is 25.5 Å². The Morgan fingerprint density at radius 3 is 2.84 bits per heavy atom. The monoisotopic (exact) mass is 261 g/mol. The molecule has 0 unspecified atom stereocenters. The zero-order valence-corrected chi connectivity index (χ0v) is 12.0. The second-order valence-electron chi connectivity index (χ2n) is 5.21. The summed E-state index contributed by atoms with van der Waals surface area (Å²) in [6.07, 6.45) is 5.85. The lowest BCUT2D eigenvalue weighted by Crippen LogP contribution is -2.21. The van der Waals surface area contributed by atoms with Crippen LogP contribution < -0.4 is 5.32 Å². The fourth-order valence-corrected chi connectivity index (χ4v) is 1.98. The highest BCUT2D eigenvalue weighted by molar-refractivity contribution is 5.08. The van der Waals surface area contributed by atoms with Crippen molar-refractivity contribution in [3.8, 4) is 0 Å². The molecular formula is C14H23N5. The van der Waals surface area contributed by atoms with Crippen molar-refractivity contribution >= 4 is 0 Å². The molecule has 0 bridgehead atoms. The predicted octanol–water partition coefficient (Wildman–Crippen LogP) is 1.89. The first-order valence-corrected chi connectivity index (χ1v) is 6.91. The average Bonchev–Trinajstić information content (AvgIpc) is 2.99. The van der Waals surface area contributed by atoms with E-state index in [-0.39, 0.29) is 0 Å². The van der Waals surface area contributed by atoms with Crippen molar-refractivity contribution in [1.82, 2.24) is 24.9 Å². The summed E-state index contributed by atoms with van der Waals surface area (Å²) < 4.78 is 3.97. The first kappa shape index (κ1) is 13.8. The second kappa shape index (κ2) is 6.52. The molecule has 0 atom stereocenters. The van der Waals surface area contributed by atoms with Gasteiger partial charge in [-0.2, -0.15) is 10.2 Å². The summed E-state index contributed by atoms with van der Waals surface area (Å²) in [6.45, 7) is 10.1. The van der Waals surface area contributed by atoms with Crippen molar-refractivity contribution in [3.05, 3.63) is 35.9 Å². The standard InChI is InChI=1S/C14H23N5/c1-4-18-10-13(8-17-18)11-19-14(5-6-16-19)9-15-7-12(2)3/h5-6,8,10,12,15H,4,7,9,11H2,1-3H3. The maximum absolute atomic E-state index is 4.38. The van der Waals surface area contributed by atoms with Crippen LogP contribution in [0.4, 0.5) is 0 Å². The summed E-state index contributed by atoms with van der Waals surface area (Å²) in [7, 11) is 0. The molecule has 5 nitrogen and oxygen atoms in total. The molecule has 0 aliphatic carbocycles. The lowest BCUT2D eigenvalue weighted by molar-refractivity contribution is 0.529. The van der Waals surface area contributed by atoms with Crippen LogP contribution in [-0.4, -0.2) is 26.1 Å². The molecule has 0 saturated heterocycles. The normalized spacial score (nSPS) is 11.4. The number of aryl methyl sites for hydroxylation is 1. The molecule has 5 heteroatoms. The molecule has 0 spiro atoms. The van der Waals surface area contributed by atoms with Gasteiger partial charge in [-0.25, -0.2) is 0 Å². The van der Waals surface area contributed by atoms with E-state index in [4.69, 9.17) is 0 Å². The van der Waals surface area contributed by atoms with E-state index in [2.05, 4.69) is 48.5 Å². The molecule has 0 aliphatic rings. The summed E-state index contributed by atoms with van der Waals surface area (Å²) in [5.74, 6) is 0.666. The average molecular weight is 261 g/mol. The minimum Gasteiger partial charge on any atom is -0.311 e. The molecular weight excluding hydrogens is 238 g/mol. The summed E-state index contributed by atoms with van der Waals surface area (Å²) >= 11 is 0. The Labute approximate surface area is 114 Å². The van der Waals surface area contributed by atoms with Gasteiger partial charge in [-0.3, -0.25) is 9.36 Å². The van der Waals surface area contributed by atoms with Crippen molar-refractivity contribution in [2.24, 2.45) is 5.92 Å².